The number of primary amides is 1. The quantitative estimate of drug-likeness (QED) is 0.180. The molecule has 0 aliphatic rings. The topological polar surface area (TPSA) is 212 Å². The number of rotatable bonds is 8. The Balaban J connectivity index is 1.62. The molecule has 0 spiro atoms. The molecule has 7 N–H and O–H groups in total. The van der Waals surface area contributed by atoms with Crippen LogP contribution in [0, 0.1) is 0 Å². The lowest BCUT2D eigenvalue weighted by molar-refractivity contribution is 0.0947. The van der Waals surface area contributed by atoms with E-state index in [1.807, 2.05) is 0 Å². The van der Waals surface area contributed by atoms with E-state index in [1.165, 1.54) is 17.0 Å². The van der Waals surface area contributed by atoms with E-state index in [-0.39, 0.29) is 40.9 Å². The maximum absolute atomic E-state index is 12.8. The van der Waals surface area contributed by atoms with Gasteiger partial charge in [0.15, 0.2) is 5.69 Å². The number of aromatic nitrogens is 5. The maximum atomic E-state index is 12.8. The molecule has 0 saturated heterocycles. The minimum absolute atomic E-state index is 0.00143. The number of amides is 2. The summed E-state index contributed by atoms with van der Waals surface area (Å²) in [5, 5.41) is 31.7. The molecule has 0 atom stereocenters. The predicted octanol–water partition coefficient (Wildman–Crippen LogP) is 0.413. The first-order valence-corrected chi connectivity index (χ1v) is 9.72. The predicted molar refractivity (Wildman–Crippen MR) is 119 cm³/mol. The maximum Gasteiger partial charge on any atom is 0.293 e. The van der Waals surface area contributed by atoms with Crippen LogP contribution < -0.4 is 22.2 Å². The number of aromatic hydroxyl groups is 1. The minimum Gasteiger partial charge on any atom is -0.507 e. The molecule has 2 aromatic heterocycles. The van der Waals surface area contributed by atoms with Gasteiger partial charge in [0.2, 0.25) is 11.6 Å². The first-order chi connectivity index (χ1) is 16.5. The van der Waals surface area contributed by atoms with Crippen LogP contribution in [0.4, 0.5) is 11.5 Å². The van der Waals surface area contributed by atoms with Crippen molar-refractivity contribution in [2.24, 2.45) is 10.8 Å². The van der Waals surface area contributed by atoms with E-state index < -0.39 is 11.8 Å². The van der Waals surface area contributed by atoms with Gasteiger partial charge in [-0.25, -0.2) is 10.1 Å². The number of nitrogens with two attached hydrogens (primary N) is 2. The normalized spacial score (nSPS) is 10.9. The van der Waals surface area contributed by atoms with Crippen LogP contribution in [-0.4, -0.2) is 48.4 Å². The third-order valence-electron chi connectivity index (χ3n) is 4.62. The molecular weight excluding hydrogens is 444 g/mol. The summed E-state index contributed by atoms with van der Waals surface area (Å²) in [4.78, 5) is 24.5. The second-order valence-electron chi connectivity index (χ2n) is 6.79. The molecule has 0 unspecified atom stereocenters. The second-order valence-corrected chi connectivity index (χ2v) is 6.79. The molecule has 0 aliphatic carbocycles. The number of para-hydroxylation sites is 2. The Kier molecular flexibility index (Phi) is 6.11. The zero-order valence-electron chi connectivity index (χ0n) is 17.4. The number of phenols is 1. The van der Waals surface area contributed by atoms with Crippen molar-refractivity contribution in [3.05, 3.63) is 71.0 Å². The summed E-state index contributed by atoms with van der Waals surface area (Å²) < 4.78 is 5.79. The number of hydrogen-bond donors (Lipinski definition) is 5. The van der Waals surface area contributed by atoms with Crippen LogP contribution in [0.5, 0.6) is 5.75 Å². The van der Waals surface area contributed by atoms with Crippen molar-refractivity contribution in [1.82, 2.24) is 30.7 Å². The minimum atomic E-state index is -0.701. The molecule has 4 aromatic rings. The Hall–Kier alpha value is -5.27. The summed E-state index contributed by atoms with van der Waals surface area (Å²) in [7, 11) is 0. The van der Waals surface area contributed by atoms with Crippen molar-refractivity contribution in [3.8, 4) is 11.6 Å². The molecule has 4 rings (SSSR count). The molecule has 172 valence electrons. The fourth-order valence-corrected chi connectivity index (χ4v) is 2.99. The number of phenolic OH excluding ortho intramolecular Hbond substituents is 1. The number of nitrogens with one attached hydrogen (secondary N) is 2. The highest BCUT2D eigenvalue weighted by molar-refractivity contribution is 5.98. The smallest absolute Gasteiger partial charge is 0.293 e. The molecule has 2 amide bonds. The van der Waals surface area contributed by atoms with Crippen molar-refractivity contribution in [2.45, 2.75) is 6.54 Å². The first-order valence-electron chi connectivity index (χ1n) is 9.72. The zero-order valence-corrected chi connectivity index (χ0v) is 17.4. The number of benzene rings is 2. The Morgan fingerprint density at radius 3 is 2.65 bits per heavy atom. The van der Waals surface area contributed by atoms with E-state index in [2.05, 4.69) is 41.1 Å². The van der Waals surface area contributed by atoms with Gasteiger partial charge in [-0.3, -0.25) is 9.59 Å². The van der Waals surface area contributed by atoms with Gasteiger partial charge in [0.1, 0.15) is 5.75 Å². The number of nitrogen functional groups attached to an aromatic ring is 1. The van der Waals surface area contributed by atoms with Gasteiger partial charge in [0.05, 0.1) is 24.0 Å². The van der Waals surface area contributed by atoms with Crippen LogP contribution >= 0.6 is 0 Å². The molecule has 14 heteroatoms. The summed E-state index contributed by atoms with van der Waals surface area (Å²) in [6.45, 7) is -0.0322. The van der Waals surface area contributed by atoms with Crippen LogP contribution in [0.2, 0.25) is 0 Å². The third-order valence-corrected chi connectivity index (χ3v) is 4.62. The lowest BCUT2D eigenvalue weighted by atomic mass is 10.1. The van der Waals surface area contributed by atoms with Crippen LogP contribution in [0.3, 0.4) is 0 Å². The molecule has 2 heterocycles. The van der Waals surface area contributed by atoms with Crippen molar-refractivity contribution in [2.75, 3.05) is 11.1 Å². The van der Waals surface area contributed by atoms with E-state index in [0.29, 0.717) is 11.3 Å². The van der Waals surface area contributed by atoms with Gasteiger partial charge in [0.25, 0.3) is 11.8 Å². The molecule has 34 heavy (non-hydrogen) atoms. The van der Waals surface area contributed by atoms with Crippen molar-refractivity contribution < 1.29 is 19.3 Å². The molecule has 0 saturated carbocycles. The van der Waals surface area contributed by atoms with Gasteiger partial charge in [-0.2, -0.15) is 9.78 Å². The van der Waals surface area contributed by atoms with Crippen molar-refractivity contribution in [3.63, 3.8) is 0 Å². The van der Waals surface area contributed by atoms with Gasteiger partial charge in [0, 0.05) is 11.3 Å². The molecule has 2 aromatic carbocycles. The third kappa shape index (κ3) is 4.50. The number of hydrogen-bond acceptors (Lipinski definition) is 11. The monoisotopic (exact) mass is 462 g/mol. The molecule has 0 aliphatic heterocycles. The summed E-state index contributed by atoms with van der Waals surface area (Å²) in [5.74, 6) is -1.39. The Morgan fingerprint density at radius 2 is 1.91 bits per heavy atom. The number of nitrogens with zero attached hydrogens (tertiary/aromatic N) is 6. The zero-order chi connectivity index (χ0) is 24.1. The van der Waals surface area contributed by atoms with E-state index in [1.54, 1.807) is 42.5 Å². The van der Waals surface area contributed by atoms with Gasteiger partial charge in [-0.1, -0.05) is 29.5 Å². The van der Waals surface area contributed by atoms with Gasteiger partial charge >= 0.3 is 0 Å². The molecule has 0 bridgehead atoms. The Bertz CT molecular complexity index is 1380. The second kappa shape index (κ2) is 9.47. The SMILES string of the molecule is NC(=O)c1ccccc1NCc1c(C(=O)N/N=C\c2ccccc2O)nnn1-c1nonc1N. The summed E-state index contributed by atoms with van der Waals surface area (Å²) in [6, 6.07) is 13.1. The van der Waals surface area contributed by atoms with Crippen LogP contribution in [0.1, 0.15) is 32.1 Å². The number of carbonyl (C=O) groups excluding carboxylic acids is 2. The number of carbonyl (C=O) groups is 2. The molecule has 0 radical (unpaired) electrons. The Morgan fingerprint density at radius 1 is 1.15 bits per heavy atom. The lowest BCUT2D eigenvalue weighted by Gasteiger charge is -2.11. The van der Waals surface area contributed by atoms with E-state index in [0.717, 1.165) is 0 Å². The number of hydrazone groups is 1. The fourth-order valence-electron chi connectivity index (χ4n) is 2.99. The van der Waals surface area contributed by atoms with Gasteiger partial charge in [-0.05, 0) is 34.6 Å². The molecule has 14 nitrogen and oxygen atoms in total. The molecular formula is C20H18N10O4. The van der Waals surface area contributed by atoms with E-state index in [9.17, 15) is 14.7 Å². The first kappa shape index (κ1) is 21.9. The lowest BCUT2D eigenvalue weighted by Crippen LogP contribution is -2.22. The summed E-state index contributed by atoms with van der Waals surface area (Å²) >= 11 is 0. The number of anilines is 2. The average Bonchev–Trinajstić information content (AvgIpc) is 3.44. The highest BCUT2D eigenvalue weighted by atomic mass is 16.6. The average molecular weight is 462 g/mol. The van der Waals surface area contributed by atoms with E-state index >= 15 is 0 Å². The van der Waals surface area contributed by atoms with Crippen LogP contribution in [0.25, 0.3) is 5.82 Å². The van der Waals surface area contributed by atoms with Crippen molar-refractivity contribution in [1.29, 1.82) is 0 Å². The summed E-state index contributed by atoms with van der Waals surface area (Å²) in [6.07, 6.45) is 1.28. The highest BCUT2D eigenvalue weighted by Gasteiger charge is 2.24. The standard InChI is InChI=1S/C20H18N10O4/c21-17-19(28-34-27-17)30-14(10-23-13-7-3-2-6-12(13)18(22)32)16(25-29-30)20(33)26-24-9-11-5-1-4-8-15(11)31/h1-9,23,31H,10H2,(H2,21,27)(H2,22,32)(H,26,33)/b24-9-. The highest BCUT2D eigenvalue weighted by Crippen LogP contribution is 2.20. The molecule has 0 fully saturated rings. The van der Waals surface area contributed by atoms with Crippen molar-refractivity contribution >= 4 is 29.5 Å². The van der Waals surface area contributed by atoms with Gasteiger partial charge in [-0.15, -0.1) is 5.10 Å². The summed E-state index contributed by atoms with van der Waals surface area (Å²) in [5.41, 5.74) is 14.7. The fraction of sp³-hybridized carbons (Fsp3) is 0.0500. The van der Waals surface area contributed by atoms with Crippen LogP contribution in [-0.2, 0) is 6.54 Å². The van der Waals surface area contributed by atoms with E-state index in [4.69, 9.17) is 11.5 Å². The van der Waals surface area contributed by atoms with Crippen LogP contribution in [0.15, 0.2) is 58.3 Å². The largest absolute Gasteiger partial charge is 0.507 e. The van der Waals surface area contributed by atoms with Gasteiger partial charge < -0.3 is 21.9 Å². The Labute approximate surface area is 191 Å².